The average Bonchev–Trinajstić information content (AvgIpc) is 2.87. The molecule has 1 atom stereocenters. The first kappa shape index (κ1) is 14.7. The zero-order valence-electron chi connectivity index (χ0n) is 11.6. The van der Waals surface area contributed by atoms with Crippen LogP contribution < -0.4 is 0 Å². The van der Waals surface area contributed by atoms with E-state index >= 15 is 0 Å². The van der Waals surface area contributed by atoms with Gasteiger partial charge in [-0.3, -0.25) is 4.79 Å². The van der Waals surface area contributed by atoms with Crippen LogP contribution in [0.15, 0.2) is 41.4 Å². The number of aryl methyl sites for hydroxylation is 1. The Morgan fingerprint density at radius 2 is 2.18 bits per heavy atom. The van der Waals surface area contributed by atoms with E-state index < -0.39 is 23.0 Å². The molecular weight excluding hydrogens is 305 g/mol. The monoisotopic (exact) mass is 317 g/mol. The Kier molecular flexibility index (Phi) is 3.94. The van der Waals surface area contributed by atoms with Crippen molar-refractivity contribution in [2.75, 3.05) is 0 Å². The molecule has 1 amide bonds. The fourth-order valence-electron chi connectivity index (χ4n) is 2.72. The number of rotatable bonds is 2. The molecule has 3 rings (SSSR count). The van der Waals surface area contributed by atoms with Gasteiger partial charge in [0.2, 0.25) is 0 Å². The van der Waals surface area contributed by atoms with Crippen LogP contribution in [-0.4, -0.2) is 17.2 Å². The van der Waals surface area contributed by atoms with Crippen LogP contribution in [0.3, 0.4) is 0 Å². The second-order valence-electron chi connectivity index (χ2n) is 5.21. The van der Waals surface area contributed by atoms with E-state index in [0.717, 1.165) is 30.0 Å². The zero-order chi connectivity index (χ0) is 15.7. The minimum absolute atomic E-state index is 0.00475. The third-order valence-corrected chi connectivity index (χ3v) is 4.04. The molecule has 0 aromatic heterocycles. The first-order valence-corrected chi connectivity index (χ1v) is 7.28. The molecule has 1 N–H and O–H groups in total. The van der Waals surface area contributed by atoms with Gasteiger partial charge in [0, 0.05) is 17.2 Å². The van der Waals surface area contributed by atoms with Crippen LogP contribution in [0.25, 0.3) is 0 Å². The Labute approximate surface area is 132 Å². The molecule has 0 aliphatic heterocycles. The van der Waals surface area contributed by atoms with Gasteiger partial charge >= 0.3 is 0 Å². The molecule has 2 aromatic carbocycles. The number of hydrogen-bond acceptors (Lipinski definition) is 2. The largest absolute Gasteiger partial charge is 0.507 e. The minimum atomic E-state index is -0.780. The van der Waals surface area contributed by atoms with E-state index in [0.29, 0.717) is 5.02 Å². The number of phenols is 1. The molecule has 0 saturated carbocycles. The van der Waals surface area contributed by atoms with Crippen molar-refractivity contribution in [2.45, 2.75) is 18.8 Å². The number of amides is 1. The number of halogens is 2. The molecule has 1 unspecified atom stereocenters. The Bertz CT molecular complexity index is 753. The first-order chi connectivity index (χ1) is 10.6. The molecule has 1 aliphatic rings. The predicted molar refractivity (Wildman–Crippen MR) is 83.4 cm³/mol. The molecule has 0 spiro atoms. The summed E-state index contributed by atoms with van der Waals surface area (Å²) in [7, 11) is 0. The molecule has 1 aliphatic carbocycles. The number of carbonyl (C=O) groups excluding carboxylic acids is 1. The molecule has 22 heavy (non-hydrogen) atoms. The van der Waals surface area contributed by atoms with Crippen LogP contribution in [0, 0.1) is 5.82 Å². The summed E-state index contributed by atoms with van der Waals surface area (Å²) in [6, 6.07) is 9.36. The normalized spacial score (nSPS) is 16.9. The van der Waals surface area contributed by atoms with E-state index in [1.165, 1.54) is 18.3 Å². The standard InChI is InChI=1S/C17H13ClFNO2/c18-12-6-7-13-10(8-12)4-5-11(13)9-20-17(22)16-14(19)2-1-3-15(16)21/h1-3,6-9,11,21H,4-5H2/b20-9+. The fourth-order valence-corrected chi connectivity index (χ4v) is 2.92. The van der Waals surface area contributed by atoms with Gasteiger partial charge in [-0.05, 0) is 48.2 Å². The van der Waals surface area contributed by atoms with Gasteiger partial charge in [0.25, 0.3) is 5.91 Å². The SMILES string of the molecule is O=C(/N=C/C1CCc2cc(Cl)ccc21)c1c(O)cccc1F. The minimum Gasteiger partial charge on any atom is -0.507 e. The second-order valence-corrected chi connectivity index (χ2v) is 5.64. The van der Waals surface area contributed by atoms with Gasteiger partial charge in [0.15, 0.2) is 0 Å². The van der Waals surface area contributed by atoms with Crippen LogP contribution in [0.5, 0.6) is 5.75 Å². The molecule has 0 heterocycles. The van der Waals surface area contributed by atoms with Gasteiger partial charge in [-0.25, -0.2) is 9.38 Å². The number of fused-ring (bicyclic) bond motifs is 1. The van der Waals surface area contributed by atoms with Crippen LogP contribution in [0.1, 0.15) is 33.8 Å². The van der Waals surface area contributed by atoms with E-state index in [9.17, 15) is 14.3 Å². The molecular formula is C17H13ClFNO2. The van der Waals surface area contributed by atoms with Gasteiger partial charge in [0.1, 0.15) is 17.1 Å². The van der Waals surface area contributed by atoms with Crippen molar-refractivity contribution in [3.63, 3.8) is 0 Å². The number of aliphatic imine (C=N–C) groups is 1. The van der Waals surface area contributed by atoms with Crippen molar-refractivity contribution in [2.24, 2.45) is 4.99 Å². The summed E-state index contributed by atoms with van der Waals surface area (Å²) < 4.78 is 13.6. The maximum Gasteiger partial charge on any atom is 0.283 e. The molecule has 0 fully saturated rings. The summed E-state index contributed by atoms with van der Waals surface area (Å²) >= 11 is 5.96. The first-order valence-electron chi connectivity index (χ1n) is 6.90. The molecule has 0 saturated heterocycles. The van der Waals surface area contributed by atoms with E-state index in [2.05, 4.69) is 4.99 Å². The summed E-state index contributed by atoms with van der Waals surface area (Å²) in [5, 5.41) is 10.3. The lowest BCUT2D eigenvalue weighted by Gasteiger charge is -2.06. The third-order valence-electron chi connectivity index (χ3n) is 3.81. The summed E-state index contributed by atoms with van der Waals surface area (Å²) in [5.41, 5.74) is 1.83. The summed E-state index contributed by atoms with van der Waals surface area (Å²) in [5.74, 6) is -1.95. The summed E-state index contributed by atoms with van der Waals surface area (Å²) in [4.78, 5) is 15.8. The van der Waals surface area contributed by atoms with Gasteiger partial charge in [-0.1, -0.05) is 23.7 Å². The van der Waals surface area contributed by atoms with Gasteiger partial charge in [0.05, 0.1) is 0 Å². The number of benzene rings is 2. The highest BCUT2D eigenvalue weighted by molar-refractivity contribution is 6.30. The van der Waals surface area contributed by atoms with Gasteiger partial charge in [-0.2, -0.15) is 0 Å². The van der Waals surface area contributed by atoms with E-state index in [4.69, 9.17) is 11.6 Å². The quantitative estimate of drug-likeness (QED) is 0.847. The number of hydrogen-bond donors (Lipinski definition) is 1. The maximum atomic E-state index is 13.6. The molecule has 2 aromatic rings. The van der Waals surface area contributed by atoms with Crippen molar-refractivity contribution in [3.05, 3.63) is 63.9 Å². The number of nitrogens with zero attached hydrogens (tertiary/aromatic N) is 1. The zero-order valence-corrected chi connectivity index (χ0v) is 12.3. The third kappa shape index (κ3) is 2.74. The fraction of sp³-hybridized carbons (Fsp3) is 0.176. The number of aromatic hydroxyl groups is 1. The van der Waals surface area contributed by atoms with E-state index in [1.807, 2.05) is 12.1 Å². The van der Waals surface area contributed by atoms with Crippen LogP contribution >= 0.6 is 11.6 Å². The lowest BCUT2D eigenvalue weighted by atomic mass is 10.0. The lowest BCUT2D eigenvalue weighted by Crippen LogP contribution is -2.03. The van der Waals surface area contributed by atoms with Crippen LogP contribution in [0.4, 0.5) is 4.39 Å². The average molecular weight is 318 g/mol. The van der Waals surface area contributed by atoms with Crippen molar-refractivity contribution in [3.8, 4) is 5.75 Å². The lowest BCUT2D eigenvalue weighted by molar-refractivity contribution is 0.0996. The van der Waals surface area contributed by atoms with Crippen molar-refractivity contribution in [1.82, 2.24) is 0 Å². The smallest absolute Gasteiger partial charge is 0.283 e. The second kappa shape index (κ2) is 5.89. The Morgan fingerprint density at radius 1 is 1.36 bits per heavy atom. The molecule has 0 radical (unpaired) electrons. The molecule has 0 bridgehead atoms. The Balaban J connectivity index is 1.83. The molecule has 5 heteroatoms. The highest BCUT2D eigenvalue weighted by atomic mass is 35.5. The van der Waals surface area contributed by atoms with Gasteiger partial charge < -0.3 is 5.11 Å². The number of carbonyl (C=O) groups is 1. The summed E-state index contributed by atoms with van der Waals surface area (Å²) in [6.45, 7) is 0. The highest BCUT2D eigenvalue weighted by Crippen LogP contribution is 2.33. The predicted octanol–water partition coefficient (Wildman–Crippen LogP) is 4.13. The van der Waals surface area contributed by atoms with Crippen molar-refractivity contribution >= 4 is 23.7 Å². The highest BCUT2D eigenvalue weighted by Gasteiger charge is 2.22. The topological polar surface area (TPSA) is 49.7 Å². The van der Waals surface area contributed by atoms with Gasteiger partial charge in [-0.15, -0.1) is 0 Å². The Hall–Kier alpha value is -2.20. The van der Waals surface area contributed by atoms with E-state index in [-0.39, 0.29) is 5.92 Å². The maximum absolute atomic E-state index is 13.6. The Morgan fingerprint density at radius 3 is 2.95 bits per heavy atom. The van der Waals surface area contributed by atoms with E-state index in [1.54, 1.807) is 6.07 Å². The molecule has 3 nitrogen and oxygen atoms in total. The van der Waals surface area contributed by atoms with Crippen LogP contribution in [0.2, 0.25) is 5.02 Å². The van der Waals surface area contributed by atoms with Crippen molar-refractivity contribution in [1.29, 1.82) is 0 Å². The van der Waals surface area contributed by atoms with Crippen LogP contribution in [-0.2, 0) is 6.42 Å². The summed E-state index contributed by atoms with van der Waals surface area (Å²) in [6.07, 6.45) is 3.22. The molecule has 112 valence electrons. The van der Waals surface area contributed by atoms with Crippen molar-refractivity contribution < 1.29 is 14.3 Å². The number of phenolic OH excluding ortho intramolecular Hbond substituents is 1.